The van der Waals surface area contributed by atoms with Crippen molar-refractivity contribution >= 4 is 5.97 Å². The summed E-state index contributed by atoms with van der Waals surface area (Å²) in [5.41, 5.74) is 5.43. The Hall–Kier alpha value is -2.36. The summed E-state index contributed by atoms with van der Waals surface area (Å²) in [4.78, 5) is 16.2. The fraction of sp³-hybridized carbons (Fsp3) is 0.333. The van der Waals surface area contributed by atoms with E-state index in [0.717, 1.165) is 23.4 Å². The van der Waals surface area contributed by atoms with Gasteiger partial charge in [0.05, 0.1) is 24.1 Å². The molecule has 1 aromatic carbocycles. The molecule has 0 aliphatic carbocycles. The fourth-order valence-corrected chi connectivity index (χ4v) is 2.88. The highest BCUT2D eigenvalue weighted by atomic mass is 16.5. The van der Waals surface area contributed by atoms with Gasteiger partial charge >= 0.3 is 5.97 Å². The average molecular weight is 297 g/mol. The maximum atomic E-state index is 11.7. The Morgan fingerprint density at radius 1 is 1.27 bits per heavy atom. The number of pyridine rings is 1. The number of benzene rings is 1. The predicted molar refractivity (Wildman–Crippen MR) is 84.3 cm³/mol. The van der Waals surface area contributed by atoms with Crippen LogP contribution in [0.1, 0.15) is 34.1 Å². The highest BCUT2D eigenvalue weighted by molar-refractivity contribution is 5.91. The van der Waals surface area contributed by atoms with Gasteiger partial charge in [-0.05, 0) is 44.5 Å². The Morgan fingerprint density at radius 2 is 2.05 bits per heavy atom. The quantitative estimate of drug-likeness (QED) is 0.796. The number of aromatic nitrogens is 1. The van der Waals surface area contributed by atoms with Crippen LogP contribution in [-0.4, -0.2) is 24.2 Å². The standard InChI is InChI=1S/C18H19NO3/c1-10-5-6-14(17-15(10)9-11(2)22-17)16-8-7-13(12(3)19-16)18(20)21-4/h5-8,11H,9H2,1-4H3. The number of fused-ring (bicyclic) bond motifs is 1. The topological polar surface area (TPSA) is 48.4 Å². The van der Waals surface area contributed by atoms with Crippen LogP contribution in [0.15, 0.2) is 24.3 Å². The van der Waals surface area contributed by atoms with Gasteiger partial charge in [-0.15, -0.1) is 0 Å². The summed E-state index contributed by atoms with van der Waals surface area (Å²) in [7, 11) is 1.37. The Morgan fingerprint density at radius 3 is 2.73 bits per heavy atom. The van der Waals surface area contributed by atoms with Crippen molar-refractivity contribution in [3.8, 4) is 17.0 Å². The number of rotatable bonds is 2. The number of esters is 1. The molecule has 1 aromatic heterocycles. The van der Waals surface area contributed by atoms with Crippen LogP contribution < -0.4 is 4.74 Å². The van der Waals surface area contributed by atoms with Crippen molar-refractivity contribution < 1.29 is 14.3 Å². The van der Waals surface area contributed by atoms with Crippen molar-refractivity contribution in [3.63, 3.8) is 0 Å². The van der Waals surface area contributed by atoms with Crippen LogP contribution in [0, 0.1) is 13.8 Å². The van der Waals surface area contributed by atoms with Gasteiger partial charge in [-0.1, -0.05) is 6.07 Å². The molecule has 0 radical (unpaired) electrons. The van der Waals surface area contributed by atoms with Crippen molar-refractivity contribution in [1.82, 2.24) is 4.98 Å². The summed E-state index contributed by atoms with van der Waals surface area (Å²) in [5.74, 6) is 0.556. The molecule has 1 aliphatic rings. The Labute approximate surface area is 130 Å². The van der Waals surface area contributed by atoms with Crippen LogP contribution in [0.25, 0.3) is 11.3 Å². The van der Waals surface area contributed by atoms with E-state index in [1.807, 2.05) is 19.1 Å². The van der Waals surface area contributed by atoms with E-state index in [9.17, 15) is 4.79 Å². The van der Waals surface area contributed by atoms with Gasteiger partial charge in [0, 0.05) is 17.5 Å². The van der Waals surface area contributed by atoms with Crippen molar-refractivity contribution in [2.75, 3.05) is 7.11 Å². The molecule has 0 spiro atoms. The SMILES string of the molecule is COC(=O)c1ccc(-c2ccc(C)c3c2OC(C)C3)nc1C. The largest absolute Gasteiger partial charge is 0.489 e. The second-order valence-corrected chi connectivity index (χ2v) is 5.69. The number of aryl methyl sites for hydroxylation is 2. The minimum Gasteiger partial charge on any atom is -0.489 e. The molecule has 0 N–H and O–H groups in total. The molecular formula is C18H19NO3. The summed E-state index contributed by atoms with van der Waals surface area (Å²) < 4.78 is 10.7. The van der Waals surface area contributed by atoms with E-state index in [4.69, 9.17) is 9.47 Å². The van der Waals surface area contributed by atoms with E-state index in [-0.39, 0.29) is 12.1 Å². The molecule has 2 aromatic rings. The van der Waals surface area contributed by atoms with Gasteiger partial charge in [0.1, 0.15) is 11.9 Å². The Kier molecular flexibility index (Phi) is 3.61. The van der Waals surface area contributed by atoms with E-state index >= 15 is 0 Å². The molecule has 0 fully saturated rings. The first-order chi connectivity index (χ1) is 10.5. The molecule has 0 amide bonds. The van der Waals surface area contributed by atoms with Gasteiger partial charge in [0.25, 0.3) is 0 Å². The van der Waals surface area contributed by atoms with E-state index in [1.54, 1.807) is 6.07 Å². The molecule has 1 atom stereocenters. The summed E-state index contributed by atoms with van der Waals surface area (Å²) >= 11 is 0. The second-order valence-electron chi connectivity index (χ2n) is 5.69. The number of hydrogen-bond acceptors (Lipinski definition) is 4. The molecule has 4 nitrogen and oxygen atoms in total. The molecule has 22 heavy (non-hydrogen) atoms. The molecule has 4 heteroatoms. The van der Waals surface area contributed by atoms with E-state index in [0.29, 0.717) is 11.3 Å². The average Bonchev–Trinajstić information content (AvgIpc) is 2.89. The monoisotopic (exact) mass is 297 g/mol. The zero-order valence-corrected chi connectivity index (χ0v) is 13.3. The first-order valence-corrected chi connectivity index (χ1v) is 7.36. The lowest BCUT2D eigenvalue weighted by Gasteiger charge is -2.12. The van der Waals surface area contributed by atoms with E-state index < -0.39 is 0 Å². The van der Waals surface area contributed by atoms with Crippen LogP contribution in [0.5, 0.6) is 5.75 Å². The van der Waals surface area contributed by atoms with Crippen LogP contribution in [-0.2, 0) is 11.2 Å². The van der Waals surface area contributed by atoms with E-state index in [2.05, 4.69) is 24.9 Å². The van der Waals surface area contributed by atoms with E-state index in [1.165, 1.54) is 18.2 Å². The Balaban J connectivity index is 2.08. The number of ether oxygens (including phenoxy) is 2. The minimum absolute atomic E-state index is 0.185. The maximum absolute atomic E-state index is 11.7. The Bertz CT molecular complexity index is 752. The minimum atomic E-state index is -0.365. The van der Waals surface area contributed by atoms with Gasteiger partial charge < -0.3 is 9.47 Å². The van der Waals surface area contributed by atoms with Gasteiger partial charge in [-0.2, -0.15) is 0 Å². The highest BCUT2D eigenvalue weighted by Crippen LogP contribution is 2.40. The van der Waals surface area contributed by atoms with Gasteiger partial charge in [0.2, 0.25) is 0 Å². The van der Waals surface area contributed by atoms with Crippen LogP contribution in [0.2, 0.25) is 0 Å². The molecule has 0 saturated heterocycles. The van der Waals surface area contributed by atoms with Gasteiger partial charge in [0.15, 0.2) is 0 Å². The third-order valence-corrected chi connectivity index (χ3v) is 4.07. The molecule has 0 saturated carbocycles. The third-order valence-electron chi connectivity index (χ3n) is 4.07. The molecule has 3 rings (SSSR count). The van der Waals surface area contributed by atoms with Crippen LogP contribution >= 0.6 is 0 Å². The number of hydrogen-bond donors (Lipinski definition) is 0. The zero-order chi connectivity index (χ0) is 15.9. The lowest BCUT2D eigenvalue weighted by Crippen LogP contribution is -2.06. The number of nitrogens with zero attached hydrogens (tertiary/aromatic N) is 1. The summed E-state index contributed by atoms with van der Waals surface area (Å²) in [5, 5.41) is 0. The predicted octanol–water partition coefficient (Wildman–Crippen LogP) is 3.48. The van der Waals surface area contributed by atoms with Gasteiger partial charge in [-0.3, -0.25) is 4.98 Å². The molecular weight excluding hydrogens is 278 g/mol. The van der Waals surface area contributed by atoms with Crippen molar-refractivity contribution in [3.05, 3.63) is 46.6 Å². The normalized spacial score (nSPS) is 16.1. The van der Waals surface area contributed by atoms with Gasteiger partial charge in [-0.25, -0.2) is 4.79 Å². The first-order valence-electron chi connectivity index (χ1n) is 7.36. The van der Waals surface area contributed by atoms with Crippen LogP contribution in [0.4, 0.5) is 0 Å². The molecule has 1 aliphatic heterocycles. The smallest absolute Gasteiger partial charge is 0.339 e. The summed E-state index contributed by atoms with van der Waals surface area (Å²) in [6.45, 7) is 5.99. The summed E-state index contributed by atoms with van der Waals surface area (Å²) in [6.07, 6.45) is 1.11. The number of carbonyl (C=O) groups excluding carboxylic acids is 1. The second kappa shape index (κ2) is 5.44. The number of methoxy groups -OCH3 is 1. The van der Waals surface area contributed by atoms with Crippen molar-refractivity contribution in [2.24, 2.45) is 0 Å². The fourth-order valence-electron chi connectivity index (χ4n) is 2.88. The highest BCUT2D eigenvalue weighted by Gasteiger charge is 2.25. The molecule has 1 unspecified atom stereocenters. The molecule has 114 valence electrons. The van der Waals surface area contributed by atoms with Crippen molar-refractivity contribution in [1.29, 1.82) is 0 Å². The van der Waals surface area contributed by atoms with Crippen LogP contribution in [0.3, 0.4) is 0 Å². The maximum Gasteiger partial charge on any atom is 0.339 e. The van der Waals surface area contributed by atoms with Crippen molar-refractivity contribution in [2.45, 2.75) is 33.3 Å². The third kappa shape index (κ3) is 2.34. The summed E-state index contributed by atoms with van der Waals surface area (Å²) in [6, 6.07) is 7.73. The lowest BCUT2D eigenvalue weighted by molar-refractivity contribution is 0.0599. The zero-order valence-electron chi connectivity index (χ0n) is 13.3. The molecule has 0 bridgehead atoms. The number of carbonyl (C=O) groups is 1. The molecule has 2 heterocycles. The lowest BCUT2D eigenvalue weighted by atomic mass is 9.99. The first kappa shape index (κ1) is 14.6.